The van der Waals surface area contributed by atoms with Crippen molar-refractivity contribution in [3.63, 3.8) is 0 Å². The molecule has 1 unspecified atom stereocenters. The van der Waals surface area contributed by atoms with Gasteiger partial charge in [0.2, 0.25) is 0 Å². The van der Waals surface area contributed by atoms with Crippen molar-refractivity contribution in [1.82, 2.24) is 0 Å². The molecule has 1 heterocycles. The van der Waals surface area contributed by atoms with Crippen LogP contribution in [0.15, 0.2) is 58.4 Å². The Bertz CT molecular complexity index is 1050. The highest BCUT2D eigenvalue weighted by Crippen LogP contribution is 2.39. The zero-order valence-electron chi connectivity index (χ0n) is 17.1. The minimum atomic E-state index is -4.98. The molecule has 2 aromatic rings. The second-order valence-corrected chi connectivity index (χ2v) is 9.34. The number of rotatable bonds is 7. The normalized spacial score (nSPS) is 19.4. The molecular weight excluding hydrogens is 433 g/mol. The molecule has 10 heteroatoms. The molecule has 3 rings (SSSR count). The molecule has 0 aromatic heterocycles. The Morgan fingerprint density at radius 3 is 2.26 bits per heavy atom. The van der Waals surface area contributed by atoms with E-state index < -0.39 is 28.3 Å². The van der Waals surface area contributed by atoms with Crippen LogP contribution in [0.4, 0.5) is 18.9 Å². The van der Waals surface area contributed by atoms with Crippen molar-refractivity contribution in [2.75, 3.05) is 24.3 Å². The van der Waals surface area contributed by atoms with Crippen molar-refractivity contribution in [3.8, 4) is 5.75 Å². The van der Waals surface area contributed by atoms with Gasteiger partial charge in [-0.15, -0.1) is 0 Å². The van der Waals surface area contributed by atoms with E-state index in [1.807, 2.05) is 6.92 Å². The standard InChI is InChI=1S/C21H23F3N2O4S/c1-3-4-13-30-17-9-5-15(6-10-17)19-25-20(27,21(22,23)24)14-26(19)16-7-11-18(12-8-16)31(2,28)29/h5-12,27H,3-4,13-14H2,1-2H3. The Kier molecular flexibility index (Phi) is 6.33. The highest BCUT2D eigenvalue weighted by atomic mass is 32.2. The van der Waals surface area contributed by atoms with E-state index in [0.29, 0.717) is 17.9 Å². The van der Waals surface area contributed by atoms with Crippen molar-refractivity contribution >= 4 is 21.4 Å². The maximum absolute atomic E-state index is 13.5. The fourth-order valence-electron chi connectivity index (χ4n) is 3.06. The average Bonchev–Trinajstić information content (AvgIpc) is 3.07. The van der Waals surface area contributed by atoms with Crippen LogP contribution in [0.5, 0.6) is 5.75 Å². The Labute approximate surface area is 178 Å². The topological polar surface area (TPSA) is 79.2 Å². The van der Waals surface area contributed by atoms with E-state index in [1.54, 1.807) is 24.3 Å². The first-order valence-corrected chi connectivity index (χ1v) is 11.5. The predicted octanol–water partition coefficient (Wildman–Crippen LogP) is 3.79. The quantitative estimate of drug-likeness (QED) is 0.642. The van der Waals surface area contributed by atoms with Crippen LogP contribution in [0, 0.1) is 0 Å². The lowest BCUT2D eigenvalue weighted by molar-refractivity contribution is -0.249. The zero-order chi connectivity index (χ0) is 22.9. The second kappa shape index (κ2) is 8.51. The number of anilines is 1. The molecule has 1 atom stereocenters. The number of β-amino-alcohol motifs (C(OH)–C–C–N with tert-alkyl or cyclic N) is 1. The van der Waals surface area contributed by atoms with E-state index in [0.717, 1.165) is 19.1 Å². The Morgan fingerprint density at radius 2 is 1.74 bits per heavy atom. The zero-order valence-corrected chi connectivity index (χ0v) is 17.9. The fourth-order valence-corrected chi connectivity index (χ4v) is 3.69. The molecule has 0 radical (unpaired) electrons. The smallest absolute Gasteiger partial charge is 0.440 e. The number of halogens is 3. The highest BCUT2D eigenvalue weighted by molar-refractivity contribution is 7.90. The molecule has 2 aromatic carbocycles. The largest absolute Gasteiger partial charge is 0.494 e. The number of sulfone groups is 1. The Hall–Kier alpha value is -2.59. The minimum absolute atomic E-state index is 0.0357. The molecule has 1 aliphatic rings. The van der Waals surface area contributed by atoms with Crippen LogP contribution in [0.3, 0.4) is 0 Å². The third-order valence-corrected chi connectivity index (χ3v) is 5.96. The van der Waals surface area contributed by atoms with Gasteiger partial charge in [-0.2, -0.15) is 13.2 Å². The number of alkyl halides is 3. The van der Waals surface area contributed by atoms with Gasteiger partial charge in [-0.05, 0) is 55.0 Å². The molecule has 168 valence electrons. The Morgan fingerprint density at radius 1 is 1.13 bits per heavy atom. The van der Waals surface area contributed by atoms with E-state index in [-0.39, 0.29) is 16.4 Å². The first kappa shape index (κ1) is 23.1. The highest BCUT2D eigenvalue weighted by Gasteiger charge is 2.58. The number of benzene rings is 2. The van der Waals surface area contributed by atoms with Crippen LogP contribution in [0.25, 0.3) is 0 Å². The van der Waals surface area contributed by atoms with E-state index in [2.05, 4.69) is 4.99 Å². The number of nitrogens with zero attached hydrogens (tertiary/aromatic N) is 2. The lowest BCUT2D eigenvalue weighted by Crippen LogP contribution is -2.47. The maximum Gasteiger partial charge on any atom is 0.440 e. The van der Waals surface area contributed by atoms with Crippen LogP contribution in [-0.2, 0) is 9.84 Å². The molecule has 0 fully saturated rings. The van der Waals surface area contributed by atoms with E-state index in [9.17, 15) is 26.7 Å². The molecule has 0 saturated carbocycles. The summed E-state index contributed by atoms with van der Waals surface area (Å²) in [6, 6.07) is 11.8. The minimum Gasteiger partial charge on any atom is -0.494 e. The van der Waals surface area contributed by atoms with Crippen LogP contribution >= 0.6 is 0 Å². The maximum atomic E-state index is 13.5. The van der Waals surface area contributed by atoms with Gasteiger partial charge < -0.3 is 14.7 Å². The molecular formula is C21H23F3N2O4S. The molecule has 31 heavy (non-hydrogen) atoms. The van der Waals surface area contributed by atoms with Gasteiger partial charge in [-0.1, -0.05) is 13.3 Å². The fraction of sp³-hybridized carbons (Fsp3) is 0.381. The van der Waals surface area contributed by atoms with Gasteiger partial charge in [0, 0.05) is 17.5 Å². The summed E-state index contributed by atoms with van der Waals surface area (Å²) in [5, 5.41) is 10.2. The summed E-state index contributed by atoms with van der Waals surface area (Å²) in [6.45, 7) is 1.71. The third-order valence-electron chi connectivity index (χ3n) is 4.83. The van der Waals surface area contributed by atoms with Gasteiger partial charge in [-0.25, -0.2) is 13.4 Å². The average molecular weight is 456 g/mol. The van der Waals surface area contributed by atoms with Crippen LogP contribution < -0.4 is 9.64 Å². The summed E-state index contributed by atoms with van der Waals surface area (Å²) in [6.07, 6.45) is -2.09. The number of aliphatic hydroxyl groups is 1. The molecule has 0 aliphatic carbocycles. The van der Waals surface area contributed by atoms with E-state index in [1.165, 1.54) is 29.2 Å². The number of aliphatic imine (C=N–C) groups is 1. The van der Waals surface area contributed by atoms with Gasteiger partial charge in [0.25, 0.3) is 5.72 Å². The number of ether oxygens (including phenoxy) is 1. The second-order valence-electron chi connectivity index (χ2n) is 7.33. The van der Waals surface area contributed by atoms with E-state index in [4.69, 9.17) is 4.74 Å². The summed E-state index contributed by atoms with van der Waals surface area (Å²) in [7, 11) is -3.46. The molecule has 0 saturated heterocycles. The molecule has 1 N–H and O–H groups in total. The van der Waals surface area contributed by atoms with Crippen molar-refractivity contribution in [1.29, 1.82) is 0 Å². The number of hydrogen-bond donors (Lipinski definition) is 1. The van der Waals surface area contributed by atoms with Gasteiger partial charge in [0.05, 0.1) is 18.0 Å². The van der Waals surface area contributed by atoms with Gasteiger partial charge in [-0.3, -0.25) is 0 Å². The molecule has 0 amide bonds. The van der Waals surface area contributed by atoms with E-state index >= 15 is 0 Å². The summed E-state index contributed by atoms with van der Waals surface area (Å²) in [4.78, 5) is 4.86. The predicted molar refractivity (Wildman–Crippen MR) is 111 cm³/mol. The summed E-state index contributed by atoms with van der Waals surface area (Å²) in [5.74, 6) is 0.498. The lowest BCUT2D eigenvalue weighted by Gasteiger charge is -2.25. The number of unbranched alkanes of at least 4 members (excludes halogenated alkanes) is 1. The first-order chi connectivity index (χ1) is 14.4. The van der Waals surface area contributed by atoms with Crippen molar-refractivity contribution in [2.45, 2.75) is 36.6 Å². The van der Waals surface area contributed by atoms with Gasteiger partial charge in [0.15, 0.2) is 9.84 Å². The van der Waals surface area contributed by atoms with Crippen molar-refractivity contribution < 1.29 is 31.4 Å². The molecule has 0 bridgehead atoms. The van der Waals surface area contributed by atoms with Gasteiger partial charge in [0.1, 0.15) is 11.6 Å². The van der Waals surface area contributed by atoms with Crippen LogP contribution in [-0.4, -0.2) is 50.7 Å². The molecule has 6 nitrogen and oxygen atoms in total. The Balaban J connectivity index is 1.96. The summed E-state index contributed by atoms with van der Waals surface area (Å²) >= 11 is 0. The molecule has 1 aliphatic heterocycles. The summed E-state index contributed by atoms with van der Waals surface area (Å²) in [5.41, 5.74) is -2.65. The van der Waals surface area contributed by atoms with Crippen molar-refractivity contribution in [3.05, 3.63) is 54.1 Å². The third kappa shape index (κ3) is 5.01. The summed E-state index contributed by atoms with van der Waals surface area (Å²) < 4.78 is 69.4. The molecule has 0 spiro atoms. The van der Waals surface area contributed by atoms with Crippen LogP contribution in [0.1, 0.15) is 25.3 Å². The monoisotopic (exact) mass is 456 g/mol. The van der Waals surface area contributed by atoms with Crippen molar-refractivity contribution in [2.24, 2.45) is 4.99 Å². The first-order valence-electron chi connectivity index (χ1n) is 9.64. The number of amidine groups is 1. The SMILES string of the molecule is CCCCOc1ccc(C2=NC(O)(C(F)(F)F)CN2c2ccc(S(C)(=O)=O)cc2)cc1. The van der Waals surface area contributed by atoms with Gasteiger partial charge >= 0.3 is 6.18 Å². The lowest BCUT2D eigenvalue weighted by atomic mass is 10.1. The van der Waals surface area contributed by atoms with Crippen LogP contribution in [0.2, 0.25) is 0 Å². The number of hydrogen-bond acceptors (Lipinski definition) is 6.